The number of hydrogen-bond acceptors (Lipinski definition) is 4. The van der Waals surface area contributed by atoms with Gasteiger partial charge >= 0.3 is 5.97 Å². The average Bonchev–Trinajstić information content (AvgIpc) is 2.78. The Hall–Kier alpha value is -1.62. The number of carboxylic acid groups (broad SMARTS) is 1. The van der Waals surface area contributed by atoms with E-state index in [0.29, 0.717) is 12.4 Å². The molecule has 5 heteroatoms. The average molecular weight is 236 g/mol. The van der Waals surface area contributed by atoms with E-state index >= 15 is 0 Å². The summed E-state index contributed by atoms with van der Waals surface area (Å²) in [6.45, 7) is 3.17. The fraction of sp³-hybridized carbons (Fsp3) is 0.500. The Morgan fingerprint density at radius 3 is 3.00 bits per heavy atom. The van der Waals surface area contributed by atoms with Gasteiger partial charge in [0.05, 0.1) is 6.10 Å². The van der Waals surface area contributed by atoms with Crippen LogP contribution in [0.4, 0.5) is 5.82 Å². The lowest BCUT2D eigenvalue weighted by Gasteiger charge is -2.20. The van der Waals surface area contributed by atoms with Crippen LogP contribution in [0, 0.1) is 5.92 Å². The molecule has 0 amide bonds. The van der Waals surface area contributed by atoms with E-state index in [9.17, 15) is 9.90 Å². The van der Waals surface area contributed by atoms with E-state index in [2.05, 4.69) is 4.98 Å². The molecular formula is C12H16N2O3. The first-order valence-corrected chi connectivity index (χ1v) is 5.71. The molecule has 1 aliphatic heterocycles. The van der Waals surface area contributed by atoms with E-state index in [4.69, 9.17) is 5.11 Å². The molecule has 1 saturated heterocycles. The number of carboxylic acids is 1. The van der Waals surface area contributed by atoms with Crippen molar-refractivity contribution in [2.75, 3.05) is 18.0 Å². The Kier molecular flexibility index (Phi) is 3.28. The number of aromatic nitrogens is 1. The zero-order valence-electron chi connectivity index (χ0n) is 9.71. The van der Waals surface area contributed by atoms with Gasteiger partial charge in [0.2, 0.25) is 0 Å². The van der Waals surface area contributed by atoms with Crippen LogP contribution in [0.3, 0.4) is 0 Å². The first-order valence-electron chi connectivity index (χ1n) is 5.71. The van der Waals surface area contributed by atoms with Crippen LogP contribution in [0.1, 0.15) is 23.7 Å². The summed E-state index contributed by atoms with van der Waals surface area (Å²) in [5.41, 5.74) is 0.221. The predicted molar refractivity (Wildman–Crippen MR) is 63.2 cm³/mol. The van der Waals surface area contributed by atoms with Crippen LogP contribution in [-0.2, 0) is 0 Å². The number of rotatable bonds is 3. The zero-order chi connectivity index (χ0) is 12.4. The molecule has 0 aliphatic carbocycles. The van der Waals surface area contributed by atoms with Gasteiger partial charge in [-0.25, -0.2) is 9.78 Å². The number of aliphatic hydroxyl groups is 1. The summed E-state index contributed by atoms with van der Waals surface area (Å²) in [6, 6.07) is 3.18. The number of hydrogen-bond donors (Lipinski definition) is 2. The molecule has 0 unspecified atom stereocenters. The number of carbonyl (C=O) groups is 1. The number of aliphatic hydroxyl groups excluding tert-OH is 1. The molecule has 0 spiro atoms. The van der Waals surface area contributed by atoms with Crippen molar-refractivity contribution in [3.8, 4) is 0 Å². The molecule has 5 nitrogen and oxygen atoms in total. The fourth-order valence-corrected chi connectivity index (χ4v) is 2.19. The molecule has 1 aromatic heterocycles. The standard InChI is InChI=1S/C12H16N2O3/c1-8(15)9-4-6-14(7-9)11-10(12(16)17)3-2-5-13-11/h2-3,5,8-9,15H,4,6-7H2,1H3,(H,16,17)/t8-,9-/m1/s1. The number of pyridine rings is 1. The summed E-state index contributed by atoms with van der Waals surface area (Å²) < 4.78 is 0. The van der Waals surface area contributed by atoms with Gasteiger partial charge < -0.3 is 15.1 Å². The quantitative estimate of drug-likeness (QED) is 0.818. The molecule has 2 atom stereocenters. The molecule has 0 bridgehead atoms. The van der Waals surface area contributed by atoms with Gasteiger partial charge in [0.15, 0.2) is 0 Å². The lowest BCUT2D eigenvalue weighted by atomic mass is 10.0. The SMILES string of the molecule is C[C@@H](O)[C@@H]1CCN(c2ncccc2C(=O)O)C1. The molecule has 2 rings (SSSR count). The van der Waals surface area contributed by atoms with E-state index < -0.39 is 5.97 Å². The number of anilines is 1. The molecule has 1 aliphatic rings. The second-order valence-electron chi connectivity index (χ2n) is 4.42. The van der Waals surface area contributed by atoms with Gasteiger partial charge in [-0.1, -0.05) is 0 Å². The van der Waals surface area contributed by atoms with Crippen molar-refractivity contribution in [3.63, 3.8) is 0 Å². The molecule has 17 heavy (non-hydrogen) atoms. The van der Waals surface area contributed by atoms with Crippen molar-refractivity contribution >= 4 is 11.8 Å². The number of nitrogens with zero attached hydrogens (tertiary/aromatic N) is 2. The Morgan fingerprint density at radius 2 is 2.41 bits per heavy atom. The van der Waals surface area contributed by atoms with Crippen LogP contribution in [0.2, 0.25) is 0 Å². The normalized spacial score (nSPS) is 21.5. The predicted octanol–water partition coefficient (Wildman–Crippen LogP) is 0.987. The third kappa shape index (κ3) is 2.39. The highest BCUT2D eigenvalue weighted by molar-refractivity contribution is 5.93. The van der Waals surface area contributed by atoms with Crippen molar-refractivity contribution in [3.05, 3.63) is 23.9 Å². The summed E-state index contributed by atoms with van der Waals surface area (Å²) in [7, 11) is 0. The van der Waals surface area contributed by atoms with E-state index in [-0.39, 0.29) is 17.6 Å². The third-order valence-corrected chi connectivity index (χ3v) is 3.22. The van der Waals surface area contributed by atoms with Gasteiger partial charge in [-0.05, 0) is 25.5 Å². The van der Waals surface area contributed by atoms with Crippen LogP contribution in [0.15, 0.2) is 18.3 Å². The second-order valence-corrected chi connectivity index (χ2v) is 4.42. The Balaban J connectivity index is 2.21. The van der Waals surface area contributed by atoms with Gasteiger partial charge in [-0.15, -0.1) is 0 Å². The van der Waals surface area contributed by atoms with Gasteiger partial charge in [-0.3, -0.25) is 0 Å². The monoisotopic (exact) mass is 236 g/mol. The van der Waals surface area contributed by atoms with Crippen LogP contribution in [-0.4, -0.2) is 40.4 Å². The summed E-state index contributed by atoms with van der Waals surface area (Å²) in [5, 5.41) is 18.6. The Labute approximate surface area is 99.7 Å². The lowest BCUT2D eigenvalue weighted by molar-refractivity contribution is 0.0697. The van der Waals surface area contributed by atoms with Crippen LogP contribution in [0.25, 0.3) is 0 Å². The molecule has 92 valence electrons. The molecule has 0 radical (unpaired) electrons. The molecule has 2 N–H and O–H groups in total. The summed E-state index contributed by atoms with van der Waals surface area (Å²) >= 11 is 0. The molecule has 2 heterocycles. The highest BCUT2D eigenvalue weighted by atomic mass is 16.4. The van der Waals surface area contributed by atoms with Gasteiger partial charge in [0.25, 0.3) is 0 Å². The minimum Gasteiger partial charge on any atom is -0.478 e. The van der Waals surface area contributed by atoms with Gasteiger partial charge in [-0.2, -0.15) is 0 Å². The topological polar surface area (TPSA) is 73.7 Å². The summed E-state index contributed by atoms with van der Waals surface area (Å²) in [4.78, 5) is 17.1. The maximum absolute atomic E-state index is 11.1. The highest BCUT2D eigenvalue weighted by Gasteiger charge is 2.28. The summed E-state index contributed by atoms with van der Waals surface area (Å²) in [5.74, 6) is -0.268. The minimum atomic E-state index is -0.964. The van der Waals surface area contributed by atoms with Crippen molar-refractivity contribution in [2.45, 2.75) is 19.4 Å². The van der Waals surface area contributed by atoms with Gasteiger partial charge in [0, 0.05) is 25.2 Å². The van der Waals surface area contributed by atoms with Crippen molar-refractivity contribution in [2.24, 2.45) is 5.92 Å². The van der Waals surface area contributed by atoms with Crippen LogP contribution < -0.4 is 4.90 Å². The maximum Gasteiger partial charge on any atom is 0.339 e. The number of aromatic carboxylic acids is 1. The Morgan fingerprint density at radius 1 is 1.65 bits per heavy atom. The van der Waals surface area contributed by atoms with E-state index in [0.717, 1.165) is 13.0 Å². The minimum absolute atomic E-state index is 0.193. The van der Waals surface area contributed by atoms with Crippen molar-refractivity contribution in [1.82, 2.24) is 4.98 Å². The largest absolute Gasteiger partial charge is 0.478 e. The second kappa shape index (κ2) is 4.71. The van der Waals surface area contributed by atoms with E-state index in [1.807, 2.05) is 4.90 Å². The smallest absolute Gasteiger partial charge is 0.339 e. The first-order chi connectivity index (χ1) is 8.09. The zero-order valence-corrected chi connectivity index (χ0v) is 9.71. The van der Waals surface area contributed by atoms with Gasteiger partial charge in [0.1, 0.15) is 11.4 Å². The lowest BCUT2D eigenvalue weighted by Crippen LogP contribution is -2.26. The van der Waals surface area contributed by atoms with Crippen LogP contribution >= 0.6 is 0 Å². The summed E-state index contributed by atoms with van der Waals surface area (Å²) in [6.07, 6.45) is 2.10. The molecule has 1 aromatic rings. The molecule has 0 aromatic carbocycles. The van der Waals surface area contributed by atoms with Crippen molar-refractivity contribution < 1.29 is 15.0 Å². The van der Waals surface area contributed by atoms with E-state index in [1.54, 1.807) is 25.3 Å². The Bertz CT molecular complexity index is 420. The van der Waals surface area contributed by atoms with Crippen molar-refractivity contribution in [1.29, 1.82) is 0 Å². The third-order valence-electron chi connectivity index (χ3n) is 3.22. The first kappa shape index (κ1) is 11.9. The highest BCUT2D eigenvalue weighted by Crippen LogP contribution is 2.26. The van der Waals surface area contributed by atoms with E-state index in [1.165, 1.54) is 0 Å². The molecule has 0 saturated carbocycles. The maximum atomic E-state index is 11.1. The molecular weight excluding hydrogens is 220 g/mol. The fourth-order valence-electron chi connectivity index (χ4n) is 2.19. The molecule has 1 fully saturated rings. The van der Waals surface area contributed by atoms with Crippen LogP contribution in [0.5, 0.6) is 0 Å².